The summed E-state index contributed by atoms with van der Waals surface area (Å²) in [5, 5.41) is 9.46. The van der Waals surface area contributed by atoms with Gasteiger partial charge in [0.2, 0.25) is 0 Å². The van der Waals surface area contributed by atoms with Gasteiger partial charge >= 0.3 is 0 Å². The SMILES string of the molecule is CCN(C)C(=O)COc1ccc([C@H](C)O)cc1C. The van der Waals surface area contributed by atoms with Gasteiger partial charge in [0.15, 0.2) is 6.61 Å². The third kappa shape index (κ3) is 3.74. The first-order valence-electron chi connectivity index (χ1n) is 6.11. The number of hydrogen-bond acceptors (Lipinski definition) is 3. The van der Waals surface area contributed by atoms with Crippen molar-refractivity contribution in [2.45, 2.75) is 26.9 Å². The topological polar surface area (TPSA) is 49.8 Å². The van der Waals surface area contributed by atoms with E-state index in [-0.39, 0.29) is 12.5 Å². The van der Waals surface area contributed by atoms with Crippen LogP contribution in [0.3, 0.4) is 0 Å². The van der Waals surface area contributed by atoms with Crippen LogP contribution in [0.4, 0.5) is 0 Å². The Hall–Kier alpha value is -1.55. The van der Waals surface area contributed by atoms with E-state index in [1.54, 1.807) is 31.0 Å². The molecule has 1 atom stereocenters. The van der Waals surface area contributed by atoms with Crippen LogP contribution in [-0.2, 0) is 4.79 Å². The van der Waals surface area contributed by atoms with Crippen LogP contribution in [0.5, 0.6) is 5.75 Å². The van der Waals surface area contributed by atoms with E-state index in [0.717, 1.165) is 11.1 Å². The molecule has 0 bridgehead atoms. The third-order valence-corrected chi connectivity index (χ3v) is 2.93. The fraction of sp³-hybridized carbons (Fsp3) is 0.500. The molecular formula is C14H21NO3. The zero-order valence-corrected chi connectivity index (χ0v) is 11.4. The molecule has 1 aromatic rings. The number of ether oxygens (including phenoxy) is 1. The molecule has 0 radical (unpaired) electrons. The van der Waals surface area contributed by atoms with Crippen molar-refractivity contribution in [1.29, 1.82) is 0 Å². The first-order valence-corrected chi connectivity index (χ1v) is 6.11. The van der Waals surface area contributed by atoms with Crippen molar-refractivity contribution in [3.05, 3.63) is 29.3 Å². The fourth-order valence-corrected chi connectivity index (χ4v) is 1.52. The second-order valence-electron chi connectivity index (χ2n) is 4.40. The predicted octanol–water partition coefficient (Wildman–Crippen LogP) is 1.91. The standard InChI is InChI=1S/C14H21NO3/c1-5-15(4)14(17)9-18-13-7-6-12(11(3)16)8-10(13)2/h6-8,11,16H,5,9H2,1-4H3/t11-/m0/s1. The van der Waals surface area contributed by atoms with Gasteiger partial charge in [0, 0.05) is 13.6 Å². The van der Waals surface area contributed by atoms with Crippen LogP contribution >= 0.6 is 0 Å². The van der Waals surface area contributed by atoms with Crippen LogP contribution in [0.1, 0.15) is 31.1 Å². The van der Waals surface area contributed by atoms with E-state index in [0.29, 0.717) is 12.3 Å². The average molecular weight is 251 g/mol. The summed E-state index contributed by atoms with van der Waals surface area (Å²) in [6, 6.07) is 5.46. The van der Waals surface area contributed by atoms with Crippen LogP contribution in [-0.4, -0.2) is 36.1 Å². The zero-order chi connectivity index (χ0) is 13.7. The number of aliphatic hydroxyl groups excluding tert-OH is 1. The Morgan fingerprint density at radius 3 is 2.67 bits per heavy atom. The molecule has 4 nitrogen and oxygen atoms in total. The maximum Gasteiger partial charge on any atom is 0.260 e. The lowest BCUT2D eigenvalue weighted by Gasteiger charge is -2.16. The van der Waals surface area contributed by atoms with E-state index in [9.17, 15) is 9.90 Å². The van der Waals surface area contributed by atoms with Crippen LogP contribution in [0.2, 0.25) is 0 Å². The number of rotatable bonds is 5. The summed E-state index contributed by atoms with van der Waals surface area (Å²) in [5.74, 6) is 0.633. The lowest BCUT2D eigenvalue weighted by molar-refractivity contribution is -0.131. The summed E-state index contributed by atoms with van der Waals surface area (Å²) in [4.78, 5) is 13.2. The highest BCUT2D eigenvalue weighted by molar-refractivity contribution is 5.77. The number of aliphatic hydroxyl groups is 1. The highest BCUT2D eigenvalue weighted by atomic mass is 16.5. The molecule has 4 heteroatoms. The minimum absolute atomic E-state index is 0.0409. The van der Waals surface area contributed by atoms with Gasteiger partial charge in [0.05, 0.1) is 6.10 Å². The monoisotopic (exact) mass is 251 g/mol. The first-order chi connectivity index (χ1) is 8.45. The van der Waals surface area contributed by atoms with Crippen molar-refractivity contribution in [2.24, 2.45) is 0 Å². The smallest absolute Gasteiger partial charge is 0.260 e. The summed E-state index contributed by atoms with van der Waals surface area (Å²) in [7, 11) is 1.75. The second kappa shape index (κ2) is 6.40. The van der Waals surface area contributed by atoms with Gasteiger partial charge in [-0.05, 0) is 44.0 Å². The molecule has 0 aliphatic rings. The number of carbonyl (C=O) groups is 1. The molecule has 0 aromatic heterocycles. The summed E-state index contributed by atoms with van der Waals surface area (Å²) in [6.07, 6.45) is -0.495. The van der Waals surface area contributed by atoms with Gasteiger partial charge < -0.3 is 14.7 Å². The zero-order valence-electron chi connectivity index (χ0n) is 11.4. The number of likely N-dealkylation sites (N-methyl/N-ethyl adjacent to an activating group) is 1. The largest absolute Gasteiger partial charge is 0.484 e. The molecule has 1 amide bonds. The maximum absolute atomic E-state index is 11.6. The van der Waals surface area contributed by atoms with Crippen LogP contribution < -0.4 is 4.74 Å². The number of aryl methyl sites for hydroxylation is 1. The van der Waals surface area contributed by atoms with Crippen molar-refractivity contribution >= 4 is 5.91 Å². The van der Waals surface area contributed by atoms with Gasteiger partial charge in [0.25, 0.3) is 5.91 Å². The van der Waals surface area contributed by atoms with E-state index >= 15 is 0 Å². The molecule has 0 aliphatic heterocycles. The molecule has 0 fully saturated rings. The van der Waals surface area contributed by atoms with Crippen molar-refractivity contribution in [2.75, 3.05) is 20.2 Å². The quantitative estimate of drug-likeness (QED) is 0.869. The molecule has 0 unspecified atom stereocenters. The highest BCUT2D eigenvalue weighted by Crippen LogP contribution is 2.22. The van der Waals surface area contributed by atoms with Gasteiger partial charge in [-0.3, -0.25) is 4.79 Å². The Balaban J connectivity index is 2.66. The van der Waals surface area contributed by atoms with Gasteiger partial charge in [-0.1, -0.05) is 6.07 Å². The van der Waals surface area contributed by atoms with Gasteiger partial charge in [-0.2, -0.15) is 0 Å². The Labute approximate surface area is 108 Å². The number of amides is 1. The molecule has 0 saturated heterocycles. The highest BCUT2D eigenvalue weighted by Gasteiger charge is 2.09. The van der Waals surface area contributed by atoms with Gasteiger partial charge in [0.1, 0.15) is 5.75 Å². The molecular weight excluding hydrogens is 230 g/mol. The molecule has 0 aliphatic carbocycles. The number of nitrogens with zero attached hydrogens (tertiary/aromatic N) is 1. The second-order valence-corrected chi connectivity index (χ2v) is 4.40. The third-order valence-electron chi connectivity index (χ3n) is 2.93. The van der Waals surface area contributed by atoms with Crippen molar-refractivity contribution in [1.82, 2.24) is 4.90 Å². The lowest BCUT2D eigenvalue weighted by Crippen LogP contribution is -2.31. The fourth-order valence-electron chi connectivity index (χ4n) is 1.52. The normalized spacial score (nSPS) is 12.1. The minimum atomic E-state index is -0.495. The van der Waals surface area contributed by atoms with E-state index in [4.69, 9.17) is 4.74 Å². The molecule has 0 spiro atoms. The Bertz CT molecular complexity index is 416. The van der Waals surface area contributed by atoms with Crippen LogP contribution in [0.15, 0.2) is 18.2 Å². The molecule has 100 valence electrons. The Kier molecular flexibility index (Phi) is 5.16. The average Bonchev–Trinajstić information content (AvgIpc) is 2.35. The molecule has 0 heterocycles. The predicted molar refractivity (Wildman–Crippen MR) is 70.6 cm³/mol. The molecule has 18 heavy (non-hydrogen) atoms. The molecule has 1 rings (SSSR count). The van der Waals surface area contributed by atoms with Gasteiger partial charge in [-0.25, -0.2) is 0 Å². The van der Waals surface area contributed by atoms with E-state index in [1.165, 1.54) is 0 Å². The van der Waals surface area contributed by atoms with Crippen LogP contribution in [0.25, 0.3) is 0 Å². The van der Waals surface area contributed by atoms with Crippen molar-refractivity contribution < 1.29 is 14.6 Å². The lowest BCUT2D eigenvalue weighted by atomic mass is 10.1. The number of benzene rings is 1. The summed E-state index contributed by atoms with van der Waals surface area (Å²) in [6.45, 7) is 6.24. The van der Waals surface area contributed by atoms with Gasteiger partial charge in [-0.15, -0.1) is 0 Å². The summed E-state index contributed by atoms with van der Waals surface area (Å²) >= 11 is 0. The Morgan fingerprint density at radius 2 is 2.17 bits per heavy atom. The molecule has 0 saturated carbocycles. The number of carbonyl (C=O) groups excluding carboxylic acids is 1. The molecule has 1 N–H and O–H groups in total. The summed E-state index contributed by atoms with van der Waals surface area (Å²) in [5.41, 5.74) is 1.76. The summed E-state index contributed by atoms with van der Waals surface area (Å²) < 4.78 is 5.48. The van der Waals surface area contributed by atoms with E-state index in [2.05, 4.69) is 0 Å². The number of hydrogen-bond donors (Lipinski definition) is 1. The molecule has 1 aromatic carbocycles. The maximum atomic E-state index is 11.6. The first kappa shape index (κ1) is 14.5. The van der Waals surface area contributed by atoms with Crippen molar-refractivity contribution in [3.8, 4) is 5.75 Å². The van der Waals surface area contributed by atoms with E-state index in [1.807, 2.05) is 19.9 Å². The van der Waals surface area contributed by atoms with Crippen molar-refractivity contribution in [3.63, 3.8) is 0 Å². The Morgan fingerprint density at radius 1 is 1.50 bits per heavy atom. The van der Waals surface area contributed by atoms with E-state index < -0.39 is 6.10 Å². The van der Waals surface area contributed by atoms with Crippen LogP contribution in [0, 0.1) is 6.92 Å². The minimum Gasteiger partial charge on any atom is -0.484 e.